The predicted molar refractivity (Wildman–Crippen MR) is 90.5 cm³/mol. The zero-order chi connectivity index (χ0) is 16.7. The quantitative estimate of drug-likeness (QED) is 0.801. The summed E-state index contributed by atoms with van der Waals surface area (Å²) in [5.41, 5.74) is 2.06. The number of carbonyl (C=O) groups is 1. The average molecular weight is 321 g/mol. The molecule has 0 aromatic carbocycles. The number of nitrogens with zero attached hydrogens (tertiary/aromatic N) is 4. The number of rotatable bonds is 4. The molecule has 1 unspecified atom stereocenters. The Morgan fingerprint density at radius 2 is 2.12 bits per heavy atom. The third-order valence-electron chi connectivity index (χ3n) is 4.44. The topological polar surface area (TPSA) is 74.8 Å². The van der Waals surface area contributed by atoms with Gasteiger partial charge in [-0.25, -0.2) is 9.97 Å². The van der Waals surface area contributed by atoms with Gasteiger partial charge >= 0.3 is 0 Å². The lowest BCUT2D eigenvalue weighted by atomic mass is 10.1. The van der Waals surface area contributed by atoms with E-state index in [0.29, 0.717) is 17.2 Å². The van der Waals surface area contributed by atoms with Gasteiger partial charge in [-0.15, -0.1) is 0 Å². The Kier molecular flexibility index (Phi) is 3.52. The minimum Gasteiger partial charge on any atom is -0.346 e. The number of fused-ring (bicyclic) bond motifs is 1. The molecule has 3 heterocycles. The van der Waals surface area contributed by atoms with Crippen LogP contribution in [-0.2, 0) is 0 Å². The van der Waals surface area contributed by atoms with E-state index in [9.17, 15) is 4.79 Å². The molecular formula is C18H19N5O. The monoisotopic (exact) mass is 321 g/mol. The first-order valence-corrected chi connectivity index (χ1v) is 8.20. The van der Waals surface area contributed by atoms with Crippen LogP contribution in [0, 0.1) is 6.92 Å². The minimum atomic E-state index is -0.0875. The van der Waals surface area contributed by atoms with E-state index in [1.807, 2.05) is 36.1 Å². The second-order valence-electron chi connectivity index (χ2n) is 6.23. The van der Waals surface area contributed by atoms with Crippen LogP contribution in [0.2, 0.25) is 0 Å². The molecule has 1 fully saturated rings. The second-order valence-corrected chi connectivity index (χ2v) is 6.23. The van der Waals surface area contributed by atoms with Gasteiger partial charge in [-0.2, -0.15) is 0 Å². The van der Waals surface area contributed by atoms with E-state index < -0.39 is 0 Å². The van der Waals surface area contributed by atoms with Crippen LogP contribution in [0.1, 0.15) is 47.8 Å². The van der Waals surface area contributed by atoms with Crippen molar-refractivity contribution in [1.29, 1.82) is 0 Å². The number of amides is 1. The van der Waals surface area contributed by atoms with Crippen molar-refractivity contribution in [3.63, 3.8) is 0 Å². The summed E-state index contributed by atoms with van der Waals surface area (Å²) in [4.78, 5) is 31.5. The summed E-state index contributed by atoms with van der Waals surface area (Å²) in [5.74, 6) is 0.542. The van der Waals surface area contributed by atoms with Crippen LogP contribution in [0.4, 0.5) is 0 Å². The summed E-state index contributed by atoms with van der Waals surface area (Å²) in [5, 5.41) is 0.768. The Bertz CT molecular complexity index is 885. The Labute approximate surface area is 140 Å². The first-order chi connectivity index (χ1) is 11.6. The van der Waals surface area contributed by atoms with E-state index in [2.05, 4.69) is 19.9 Å². The van der Waals surface area contributed by atoms with Crippen LogP contribution in [0.3, 0.4) is 0 Å². The molecule has 1 saturated carbocycles. The number of hydrogen-bond acceptors (Lipinski definition) is 4. The van der Waals surface area contributed by atoms with Crippen molar-refractivity contribution in [1.82, 2.24) is 24.8 Å². The van der Waals surface area contributed by atoms with Crippen molar-refractivity contribution >= 4 is 16.9 Å². The molecule has 0 bridgehead atoms. The van der Waals surface area contributed by atoms with Crippen LogP contribution in [0.5, 0.6) is 0 Å². The molecule has 3 aromatic heterocycles. The van der Waals surface area contributed by atoms with Gasteiger partial charge in [0.15, 0.2) is 0 Å². The number of aryl methyl sites for hydroxylation is 1. The summed E-state index contributed by atoms with van der Waals surface area (Å²) in [6.07, 6.45) is 5.62. The maximum Gasteiger partial charge on any atom is 0.274 e. The number of H-pyrrole nitrogens is 1. The van der Waals surface area contributed by atoms with Gasteiger partial charge in [0, 0.05) is 18.4 Å². The average Bonchev–Trinajstić information content (AvgIpc) is 3.31. The Balaban J connectivity index is 1.76. The molecule has 4 rings (SSSR count). The summed E-state index contributed by atoms with van der Waals surface area (Å²) < 4.78 is 0. The van der Waals surface area contributed by atoms with Crippen molar-refractivity contribution in [3.05, 3.63) is 53.9 Å². The van der Waals surface area contributed by atoms with E-state index in [4.69, 9.17) is 0 Å². The smallest absolute Gasteiger partial charge is 0.274 e. The van der Waals surface area contributed by atoms with Crippen molar-refractivity contribution in [2.75, 3.05) is 0 Å². The van der Waals surface area contributed by atoms with Gasteiger partial charge < -0.3 is 9.88 Å². The highest BCUT2D eigenvalue weighted by Crippen LogP contribution is 2.35. The van der Waals surface area contributed by atoms with Crippen molar-refractivity contribution in [3.8, 4) is 0 Å². The molecule has 1 amide bonds. The van der Waals surface area contributed by atoms with Gasteiger partial charge in [-0.3, -0.25) is 9.78 Å². The molecule has 1 N–H and O–H groups in total. The number of pyridine rings is 1. The Morgan fingerprint density at radius 1 is 1.29 bits per heavy atom. The third-order valence-corrected chi connectivity index (χ3v) is 4.44. The van der Waals surface area contributed by atoms with Gasteiger partial charge in [0.2, 0.25) is 0 Å². The molecule has 1 atom stereocenters. The fraction of sp³-hybridized carbons (Fsp3) is 0.333. The van der Waals surface area contributed by atoms with Crippen LogP contribution >= 0.6 is 0 Å². The van der Waals surface area contributed by atoms with Crippen LogP contribution in [-0.4, -0.2) is 36.8 Å². The highest BCUT2D eigenvalue weighted by molar-refractivity contribution is 6.04. The largest absolute Gasteiger partial charge is 0.346 e. The first-order valence-electron chi connectivity index (χ1n) is 8.20. The number of aromatic amines is 1. The lowest BCUT2D eigenvalue weighted by Gasteiger charge is -2.29. The lowest BCUT2D eigenvalue weighted by molar-refractivity contribution is 0.0666. The molecule has 6 heteroatoms. The van der Waals surface area contributed by atoms with E-state index in [-0.39, 0.29) is 18.0 Å². The Hall–Kier alpha value is -2.76. The van der Waals surface area contributed by atoms with Crippen LogP contribution in [0.25, 0.3) is 11.0 Å². The van der Waals surface area contributed by atoms with Gasteiger partial charge in [0.05, 0.1) is 17.1 Å². The molecule has 6 nitrogen and oxygen atoms in total. The molecule has 0 saturated heterocycles. The first kappa shape index (κ1) is 14.8. The lowest BCUT2D eigenvalue weighted by Crippen LogP contribution is -2.36. The zero-order valence-electron chi connectivity index (χ0n) is 13.7. The normalized spacial score (nSPS) is 15.4. The molecule has 24 heavy (non-hydrogen) atoms. The Morgan fingerprint density at radius 3 is 2.83 bits per heavy atom. The van der Waals surface area contributed by atoms with Crippen molar-refractivity contribution in [2.45, 2.75) is 38.8 Å². The molecule has 3 aromatic rings. The third kappa shape index (κ3) is 2.54. The maximum absolute atomic E-state index is 13.3. The van der Waals surface area contributed by atoms with Crippen LogP contribution < -0.4 is 0 Å². The summed E-state index contributed by atoms with van der Waals surface area (Å²) in [7, 11) is 0. The number of nitrogens with one attached hydrogen (secondary N) is 1. The summed E-state index contributed by atoms with van der Waals surface area (Å²) in [6, 6.07) is 7.84. The van der Waals surface area contributed by atoms with Gasteiger partial charge in [-0.05, 0) is 44.9 Å². The van der Waals surface area contributed by atoms with Gasteiger partial charge in [0.1, 0.15) is 17.2 Å². The summed E-state index contributed by atoms with van der Waals surface area (Å²) in [6.45, 7) is 3.83. The fourth-order valence-corrected chi connectivity index (χ4v) is 3.11. The van der Waals surface area contributed by atoms with E-state index in [1.165, 1.54) is 0 Å². The standard InChI is InChI=1S/C18H19N5O/c1-11(15-5-3-4-9-19-15)23(13-6-7-13)18(24)16-14-8-10-20-17(14)22-12(2)21-16/h3-5,8-11,13H,6-7H2,1-2H3,(H,20,21,22). The molecule has 1 aliphatic carbocycles. The predicted octanol–water partition coefficient (Wildman–Crippen LogP) is 3.03. The maximum atomic E-state index is 13.3. The van der Waals surface area contributed by atoms with E-state index in [0.717, 1.165) is 23.9 Å². The number of hydrogen-bond donors (Lipinski definition) is 1. The van der Waals surface area contributed by atoms with Crippen molar-refractivity contribution < 1.29 is 4.79 Å². The highest BCUT2D eigenvalue weighted by Gasteiger charge is 2.38. The van der Waals surface area contributed by atoms with E-state index in [1.54, 1.807) is 19.3 Å². The summed E-state index contributed by atoms with van der Waals surface area (Å²) >= 11 is 0. The molecule has 122 valence electrons. The van der Waals surface area contributed by atoms with Crippen LogP contribution in [0.15, 0.2) is 36.7 Å². The van der Waals surface area contributed by atoms with Crippen molar-refractivity contribution in [2.24, 2.45) is 0 Å². The molecule has 0 aliphatic heterocycles. The highest BCUT2D eigenvalue weighted by atomic mass is 16.2. The van der Waals surface area contributed by atoms with Gasteiger partial charge in [0.25, 0.3) is 5.91 Å². The SMILES string of the molecule is Cc1nc(C(=O)N(C2CC2)C(C)c2ccccn2)c2cc[nH]c2n1. The molecule has 0 radical (unpaired) electrons. The fourth-order valence-electron chi connectivity index (χ4n) is 3.11. The molecule has 0 spiro atoms. The van der Waals surface area contributed by atoms with Gasteiger partial charge in [-0.1, -0.05) is 6.07 Å². The zero-order valence-corrected chi connectivity index (χ0v) is 13.7. The molecular weight excluding hydrogens is 302 g/mol. The number of carbonyl (C=O) groups excluding carboxylic acids is 1. The minimum absolute atomic E-state index is 0.0502. The van der Waals surface area contributed by atoms with E-state index >= 15 is 0 Å². The second kappa shape index (κ2) is 5.70. The number of aromatic nitrogens is 4. The molecule has 1 aliphatic rings.